The maximum absolute atomic E-state index is 12.0. The summed E-state index contributed by atoms with van der Waals surface area (Å²) in [6.45, 7) is 2.56. The number of aromatic nitrogens is 1. The van der Waals surface area contributed by atoms with E-state index in [0.717, 1.165) is 17.3 Å². The molecule has 0 aliphatic rings. The number of hydrogen-bond acceptors (Lipinski definition) is 2. The molecule has 0 radical (unpaired) electrons. The molecule has 5 heteroatoms. The third kappa shape index (κ3) is 4.34. The largest absolute Gasteiger partial charge is 0.481 e. The van der Waals surface area contributed by atoms with Crippen molar-refractivity contribution in [1.82, 2.24) is 10.3 Å². The molecule has 1 atom stereocenters. The first-order chi connectivity index (χ1) is 10.1. The Balaban J connectivity index is 1.80. The zero-order valence-corrected chi connectivity index (χ0v) is 12.1. The van der Waals surface area contributed by atoms with Crippen LogP contribution in [0.2, 0.25) is 0 Å². The molecule has 0 aliphatic carbocycles. The Morgan fingerprint density at radius 1 is 1.29 bits per heavy atom. The van der Waals surface area contributed by atoms with E-state index in [1.54, 1.807) is 6.07 Å². The van der Waals surface area contributed by atoms with Crippen molar-refractivity contribution in [1.29, 1.82) is 0 Å². The van der Waals surface area contributed by atoms with Crippen LogP contribution in [0.15, 0.2) is 30.5 Å². The number of nitrogens with one attached hydrogen (secondary N) is 2. The first kappa shape index (κ1) is 15.1. The monoisotopic (exact) mass is 288 g/mol. The molecule has 0 fully saturated rings. The van der Waals surface area contributed by atoms with Gasteiger partial charge in [-0.15, -0.1) is 0 Å². The minimum Gasteiger partial charge on any atom is -0.481 e. The first-order valence-corrected chi connectivity index (χ1v) is 7.13. The Labute approximate surface area is 123 Å². The molecule has 3 N–H and O–H groups in total. The fourth-order valence-corrected chi connectivity index (χ4v) is 2.24. The lowest BCUT2D eigenvalue weighted by Gasteiger charge is -2.11. The molecule has 21 heavy (non-hydrogen) atoms. The third-order valence-electron chi connectivity index (χ3n) is 3.59. The van der Waals surface area contributed by atoms with Crippen molar-refractivity contribution in [3.8, 4) is 0 Å². The van der Waals surface area contributed by atoms with E-state index in [4.69, 9.17) is 5.11 Å². The summed E-state index contributed by atoms with van der Waals surface area (Å²) in [6, 6.07) is 7.47. The maximum Gasteiger partial charge on any atom is 0.303 e. The summed E-state index contributed by atoms with van der Waals surface area (Å²) in [6.07, 6.45) is 3.45. The molecule has 1 aromatic carbocycles. The van der Waals surface area contributed by atoms with Crippen LogP contribution >= 0.6 is 0 Å². The number of carboxylic acid groups (broad SMARTS) is 1. The van der Waals surface area contributed by atoms with Crippen molar-refractivity contribution in [2.75, 3.05) is 6.54 Å². The number of hydrogen-bond donors (Lipinski definition) is 3. The average molecular weight is 288 g/mol. The van der Waals surface area contributed by atoms with Crippen molar-refractivity contribution >= 4 is 22.8 Å². The number of benzene rings is 1. The second-order valence-electron chi connectivity index (χ2n) is 5.36. The van der Waals surface area contributed by atoms with Crippen LogP contribution in [0.3, 0.4) is 0 Å². The summed E-state index contributed by atoms with van der Waals surface area (Å²) in [5, 5.41) is 12.5. The average Bonchev–Trinajstić information content (AvgIpc) is 2.92. The number of aromatic amines is 1. The summed E-state index contributed by atoms with van der Waals surface area (Å²) < 4.78 is 0. The standard InChI is InChI=1S/C16H20N2O3/c1-11(2-5-15(19)20)6-8-18-16(21)13-3-4-14-12(10-13)7-9-17-14/h3-4,7,9-11,17H,2,5-6,8H2,1H3,(H,18,21)(H,19,20). The quantitative estimate of drug-likeness (QED) is 0.732. The molecule has 1 amide bonds. The number of carbonyl (C=O) groups is 2. The van der Waals surface area contributed by atoms with Crippen molar-refractivity contribution in [2.24, 2.45) is 5.92 Å². The van der Waals surface area contributed by atoms with E-state index in [-0.39, 0.29) is 18.2 Å². The van der Waals surface area contributed by atoms with Crippen LogP contribution in [0.5, 0.6) is 0 Å². The molecular formula is C16H20N2O3. The molecule has 0 saturated heterocycles. The van der Waals surface area contributed by atoms with Crippen molar-refractivity contribution < 1.29 is 14.7 Å². The van der Waals surface area contributed by atoms with Gasteiger partial charge in [-0.1, -0.05) is 6.92 Å². The summed E-state index contributed by atoms with van der Waals surface area (Å²) in [7, 11) is 0. The number of amides is 1. The Morgan fingerprint density at radius 2 is 2.10 bits per heavy atom. The van der Waals surface area contributed by atoms with Crippen molar-refractivity contribution in [2.45, 2.75) is 26.2 Å². The molecule has 0 bridgehead atoms. The lowest BCUT2D eigenvalue weighted by Crippen LogP contribution is -2.25. The number of carbonyl (C=O) groups excluding carboxylic acids is 1. The van der Waals surface area contributed by atoms with Gasteiger partial charge in [-0.3, -0.25) is 9.59 Å². The van der Waals surface area contributed by atoms with Gasteiger partial charge in [0.1, 0.15) is 0 Å². The molecule has 1 aromatic heterocycles. The van der Waals surface area contributed by atoms with Crippen LogP contribution in [0.25, 0.3) is 10.9 Å². The van der Waals surface area contributed by atoms with Gasteiger partial charge in [0, 0.05) is 35.6 Å². The van der Waals surface area contributed by atoms with Gasteiger partial charge in [0.15, 0.2) is 0 Å². The lowest BCUT2D eigenvalue weighted by molar-refractivity contribution is -0.137. The van der Waals surface area contributed by atoms with Gasteiger partial charge in [0.25, 0.3) is 5.91 Å². The van der Waals surface area contributed by atoms with E-state index in [1.165, 1.54) is 0 Å². The minimum absolute atomic E-state index is 0.0939. The highest BCUT2D eigenvalue weighted by atomic mass is 16.4. The van der Waals surface area contributed by atoms with Gasteiger partial charge >= 0.3 is 5.97 Å². The summed E-state index contributed by atoms with van der Waals surface area (Å²) in [5.41, 5.74) is 1.65. The van der Waals surface area contributed by atoms with Gasteiger partial charge in [0.2, 0.25) is 0 Å². The van der Waals surface area contributed by atoms with Crippen LogP contribution in [0.1, 0.15) is 36.5 Å². The van der Waals surface area contributed by atoms with Crippen LogP contribution in [0.4, 0.5) is 0 Å². The van der Waals surface area contributed by atoms with Crippen LogP contribution in [0, 0.1) is 5.92 Å². The minimum atomic E-state index is -0.773. The van der Waals surface area contributed by atoms with E-state index < -0.39 is 5.97 Å². The topological polar surface area (TPSA) is 82.2 Å². The first-order valence-electron chi connectivity index (χ1n) is 7.13. The molecule has 112 valence electrons. The zero-order chi connectivity index (χ0) is 15.2. The summed E-state index contributed by atoms with van der Waals surface area (Å²) in [4.78, 5) is 25.6. The third-order valence-corrected chi connectivity index (χ3v) is 3.59. The Morgan fingerprint density at radius 3 is 2.86 bits per heavy atom. The predicted molar refractivity (Wildman–Crippen MR) is 81.3 cm³/mol. The number of rotatable bonds is 7. The Kier molecular flexibility index (Phi) is 4.98. The number of H-pyrrole nitrogens is 1. The predicted octanol–water partition coefficient (Wildman–Crippen LogP) is 2.79. The lowest BCUT2D eigenvalue weighted by atomic mass is 10.0. The van der Waals surface area contributed by atoms with Gasteiger partial charge in [-0.2, -0.15) is 0 Å². The summed E-state index contributed by atoms with van der Waals surface area (Å²) in [5.74, 6) is -0.581. The van der Waals surface area contributed by atoms with Gasteiger partial charge < -0.3 is 15.4 Å². The number of aliphatic carboxylic acids is 1. The highest BCUT2D eigenvalue weighted by Crippen LogP contribution is 2.14. The van der Waals surface area contributed by atoms with Crippen LogP contribution in [-0.2, 0) is 4.79 Å². The number of fused-ring (bicyclic) bond motifs is 1. The van der Waals surface area contributed by atoms with Gasteiger partial charge in [-0.05, 0) is 43.0 Å². The number of carboxylic acids is 1. The normalized spacial score (nSPS) is 12.2. The highest BCUT2D eigenvalue weighted by molar-refractivity contribution is 5.98. The van der Waals surface area contributed by atoms with E-state index >= 15 is 0 Å². The molecule has 0 spiro atoms. The van der Waals surface area contributed by atoms with E-state index in [0.29, 0.717) is 18.5 Å². The van der Waals surface area contributed by atoms with E-state index in [1.807, 2.05) is 31.3 Å². The molecule has 5 nitrogen and oxygen atoms in total. The smallest absolute Gasteiger partial charge is 0.303 e. The fourth-order valence-electron chi connectivity index (χ4n) is 2.24. The maximum atomic E-state index is 12.0. The van der Waals surface area contributed by atoms with Crippen LogP contribution < -0.4 is 5.32 Å². The molecule has 2 aromatic rings. The molecule has 1 heterocycles. The molecular weight excluding hydrogens is 268 g/mol. The molecule has 0 aliphatic heterocycles. The molecule has 2 rings (SSSR count). The van der Waals surface area contributed by atoms with Gasteiger partial charge in [0.05, 0.1) is 0 Å². The second kappa shape index (κ2) is 6.92. The van der Waals surface area contributed by atoms with Gasteiger partial charge in [-0.25, -0.2) is 0 Å². The summed E-state index contributed by atoms with van der Waals surface area (Å²) >= 11 is 0. The van der Waals surface area contributed by atoms with Crippen LogP contribution in [-0.4, -0.2) is 28.5 Å². The van der Waals surface area contributed by atoms with E-state index in [9.17, 15) is 9.59 Å². The second-order valence-corrected chi connectivity index (χ2v) is 5.36. The van der Waals surface area contributed by atoms with E-state index in [2.05, 4.69) is 10.3 Å². The fraction of sp³-hybridized carbons (Fsp3) is 0.375. The molecule has 0 saturated carbocycles. The Bertz CT molecular complexity index is 633. The highest BCUT2D eigenvalue weighted by Gasteiger charge is 2.09. The zero-order valence-electron chi connectivity index (χ0n) is 12.1. The SMILES string of the molecule is CC(CCNC(=O)c1ccc2[nH]ccc2c1)CCC(=O)O. The van der Waals surface area contributed by atoms with Crippen molar-refractivity contribution in [3.05, 3.63) is 36.0 Å². The van der Waals surface area contributed by atoms with Crippen molar-refractivity contribution in [3.63, 3.8) is 0 Å². The Hall–Kier alpha value is -2.30. The molecule has 1 unspecified atom stereocenters.